The number of ether oxygens (including phenoxy) is 1. The van der Waals surface area contributed by atoms with Crippen molar-refractivity contribution in [1.29, 1.82) is 0 Å². The zero-order valence-electron chi connectivity index (χ0n) is 12.4. The Bertz CT molecular complexity index is 634. The third-order valence-electron chi connectivity index (χ3n) is 3.91. The van der Waals surface area contributed by atoms with Crippen molar-refractivity contribution in [3.05, 3.63) is 36.0 Å². The Labute approximate surface area is 129 Å². The van der Waals surface area contributed by atoms with Gasteiger partial charge in [0.15, 0.2) is 0 Å². The second-order valence-electron chi connectivity index (χ2n) is 5.52. The van der Waals surface area contributed by atoms with Gasteiger partial charge in [-0.3, -0.25) is 9.69 Å². The summed E-state index contributed by atoms with van der Waals surface area (Å²) < 4.78 is 5.27. The van der Waals surface area contributed by atoms with Crippen LogP contribution in [0.2, 0.25) is 0 Å². The standard InChI is InChI=1S/C16H21N3O3/c20-12(11-19-6-8-22-9-7-19)10-18-16(21)14-2-1-3-15-13(14)4-5-17-15/h1-5,12,17,20H,6-11H2,(H,18,21). The van der Waals surface area contributed by atoms with Gasteiger partial charge in [0.2, 0.25) is 0 Å². The van der Waals surface area contributed by atoms with Crippen molar-refractivity contribution in [3.63, 3.8) is 0 Å². The molecule has 1 atom stereocenters. The van der Waals surface area contributed by atoms with E-state index in [-0.39, 0.29) is 12.5 Å². The summed E-state index contributed by atoms with van der Waals surface area (Å²) in [5.41, 5.74) is 1.55. The number of fused-ring (bicyclic) bond motifs is 1. The molecule has 1 aromatic heterocycles. The van der Waals surface area contributed by atoms with Crippen LogP contribution in [0.5, 0.6) is 0 Å². The summed E-state index contributed by atoms with van der Waals surface area (Å²) in [6.07, 6.45) is 1.24. The lowest BCUT2D eigenvalue weighted by molar-refractivity contribution is 0.0149. The van der Waals surface area contributed by atoms with Crippen LogP contribution in [0.15, 0.2) is 30.5 Å². The van der Waals surface area contributed by atoms with Crippen LogP contribution in [-0.4, -0.2) is 66.4 Å². The average Bonchev–Trinajstić information content (AvgIpc) is 3.02. The van der Waals surface area contributed by atoms with Gasteiger partial charge in [-0.05, 0) is 18.2 Å². The quantitative estimate of drug-likeness (QED) is 0.755. The number of nitrogens with one attached hydrogen (secondary N) is 2. The molecule has 3 N–H and O–H groups in total. The third kappa shape index (κ3) is 3.47. The third-order valence-corrected chi connectivity index (χ3v) is 3.91. The van der Waals surface area contributed by atoms with Gasteiger partial charge in [-0.15, -0.1) is 0 Å². The van der Waals surface area contributed by atoms with Crippen LogP contribution >= 0.6 is 0 Å². The number of nitrogens with zero attached hydrogens (tertiary/aromatic N) is 1. The molecule has 1 fully saturated rings. The fourth-order valence-electron chi connectivity index (χ4n) is 2.74. The highest BCUT2D eigenvalue weighted by atomic mass is 16.5. The van der Waals surface area contributed by atoms with Gasteiger partial charge in [-0.1, -0.05) is 6.07 Å². The monoisotopic (exact) mass is 303 g/mol. The number of carbonyl (C=O) groups is 1. The molecule has 0 radical (unpaired) electrons. The first-order valence-electron chi connectivity index (χ1n) is 7.56. The van der Waals surface area contributed by atoms with Crippen LogP contribution in [0.4, 0.5) is 0 Å². The SMILES string of the molecule is O=C(NCC(O)CN1CCOCC1)c1cccc2[nH]ccc12. The minimum Gasteiger partial charge on any atom is -0.390 e. The number of amides is 1. The van der Waals surface area contributed by atoms with E-state index in [1.54, 1.807) is 6.07 Å². The van der Waals surface area contributed by atoms with E-state index in [1.165, 1.54) is 0 Å². The number of hydrogen-bond acceptors (Lipinski definition) is 4. The fraction of sp³-hybridized carbons (Fsp3) is 0.438. The van der Waals surface area contributed by atoms with Crippen LogP contribution in [0.1, 0.15) is 10.4 Å². The number of carbonyl (C=O) groups excluding carboxylic acids is 1. The van der Waals surface area contributed by atoms with E-state index in [4.69, 9.17) is 4.74 Å². The van der Waals surface area contributed by atoms with E-state index >= 15 is 0 Å². The molecule has 0 spiro atoms. The summed E-state index contributed by atoms with van der Waals surface area (Å²) >= 11 is 0. The van der Waals surface area contributed by atoms with E-state index < -0.39 is 6.10 Å². The number of β-amino-alcohol motifs (C(OH)–C–C–N with tert-alkyl or cyclic N) is 1. The van der Waals surface area contributed by atoms with Gasteiger partial charge in [-0.2, -0.15) is 0 Å². The molecule has 3 rings (SSSR count). The van der Waals surface area contributed by atoms with Gasteiger partial charge in [-0.25, -0.2) is 0 Å². The first-order valence-corrected chi connectivity index (χ1v) is 7.56. The number of aromatic nitrogens is 1. The summed E-state index contributed by atoms with van der Waals surface area (Å²) in [5.74, 6) is -0.161. The molecule has 1 saturated heterocycles. The first-order chi connectivity index (χ1) is 10.7. The van der Waals surface area contributed by atoms with Crippen molar-refractivity contribution in [2.24, 2.45) is 0 Å². The van der Waals surface area contributed by atoms with Crippen LogP contribution in [0.25, 0.3) is 10.9 Å². The van der Waals surface area contributed by atoms with E-state index in [1.807, 2.05) is 24.4 Å². The summed E-state index contributed by atoms with van der Waals surface area (Å²) in [6.45, 7) is 3.86. The van der Waals surface area contributed by atoms with Crippen molar-refractivity contribution in [3.8, 4) is 0 Å². The van der Waals surface area contributed by atoms with E-state index in [0.717, 1.165) is 24.0 Å². The van der Waals surface area contributed by atoms with Crippen LogP contribution < -0.4 is 5.32 Å². The molecule has 6 heteroatoms. The highest BCUT2D eigenvalue weighted by molar-refractivity contribution is 6.06. The molecule has 22 heavy (non-hydrogen) atoms. The highest BCUT2D eigenvalue weighted by Crippen LogP contribution is 2.17. The second-order valence-corrected chi connectivity index (χ2v) is 5.52. The number of hydrogen-bond donors (Lipinski definition) is 3. The van der Waals surface area contributed by atoms with Gasteiger partial charge in [0, 0.05) is 48.8 Å². The lowest BCUT2D eigenvalue weighted by atomic mass is 10.1. The molecule has 118 valence electrons. The average molecular weight is 303 g/mol. The Morgan fingerprint density at radius 3 is 3.00 bits per heavy atom. The Morgan fingerprint density at radius 2 is 2.18 bits per heavy atom. The molecule has 1 unspecified atom stereocenters. The predicted molar refractivity (Wildman–Crippen MR) is 83.9 cm³/mol. The van der Waals surface area contributed by atoms with Crippen molar-refractivity contribution in [2.45, 2.75) is 6.10 Å². The Hall–Kier alpha value is -1.89. The number of aromatic amines is 1. The highest BCUT2D eigenvalue weighted by Gasteiger charge is 2.16. The molecule has 2 aromatic rings. The predicted octanol–water partition coefficient (Wildman–Crippen LogP) is 0.591. The van der Waals surface area contributed by atoms with Crippen molar-refractivity contribution < 1.29 is 14.6 Å². The molecule has 1 amide bonds. The molecular weight excluding hydrogens is 282 g/mol. The number of H-pyrrole nitrogens is 1. The molecule has 0 bridgehead atoms. The Morgan fingerprint density at radius 1 is 1.36 bits per heavy atom. The largest absolute Gasteiger partial charge is 0.390 e. The second kappa shape index (κ2) is 6.91. The van der Waals surface area contributed by atoms with E-state index in [2.05, 4.69) is 15.2 Å². The summed E-state index contributed by atoms with van der Waals surface area (Å²) in [7, 11) is 0. The van der Waals surface area contributed by atoms with Gasteiger partial charge in [0.25, 0.3) is 5.91 Å². The van der Waals surface area contributed by atoms with Gasteiger partial charge >= 0.3 is 0 Å². The van der Waals surface area contributed by atoms with Crippen LogP contribution in [-0.2, 0) is 4.74 Å². The van der Waals surface area contributed by atoms with E-state index in [0.29, 0.717) is 25.3 Å². The maximum absolute atomic E-state index is 12.3. The minimum absolute atomic E-state index is 0.161. The molecule has 1 aromatic carbocycles. The summed E-state index contributed by atoms with van der Waals surface area (Å²) in [5, 5.41) is 13.8. The maximum Gasteiger partial charge on any atom is 0.252 e. The lowest BCUT2D eigenvalue weighted by Gasteiger charge is -2.28. The van der Waals surface area contributed by atoms with Gasteiger partial charge in [0.1, 0.15) is 0 Å². The fourth-order valence-corrected chi connectivity index (χ4v) is 2.74. The van der Waals surface area contributed by atoms with Crippen molar-refractivity contribution in [2.75, 3.05) is 39.4 Å². The topological polar surface area (TPSA) is 77.6 Å². The Balaban J connectivity index is 1.54. The normalized spacial score (nSPS) is 17.5. The lowest BCUT2D eigenvalue weighted by Crippen LogP contribution is -2.44. The van der Waals surface area contributed by atoms with Crippen LogP contribution in [0, 0.1) is 0 Å². The smallest absolute Gasteiger partial charge is 0.252 e. The Kier molecular flexibility index (Phi) is 4.72. The molecule has 1 aliphatic heterocycles. The van der Waals surface area contributed by atoms with Crippen molar-refractivity contribution >= 4 is 16.8 Å². The van der Waals surface area contributed by atoms with E-state index in [9.17, 15) is 9.90 Å². The maximum atomic E-state index is 12.3. The first kappa shape index (κ1) is 15.0. The van der Waals surface area contributed by atoms with Gasteiger partial charge < -0.3 is 20.1 Å². The molecule has 1 aliphatic rings. The number of rotatable bonds is 5. The number of benzene rings is 1. The minimum atomic E-state index is -0.576. The molecule has 2 heterocycles. The number of aliphatic hydroxyl groups excluding tert-OH is 1. The molecule has 0 saturated carbocycles. The summed E-state index contributed by atoms with van der Waals surface area (Å²) in [4.78, 5) is 17.5. The van der Waals surface area contributed by atoms with Crippen LogP contribution in [0.3, 0.4) is 0 Å². The number of aliphatic hydroxyl groups is 1. The zero-order chi connectivity index (χ0) is 15.4. The molecule has 6 nitrogen and oxygen atoms in total. The summed E-state index contributed by atoms with van der Waals surface area (Å²) in [6, 6.07) is 7.45. The van der Waals surface area contributed by atoms with Crippen molar-refractivity contribution in [1.82, 2.24) is 15.2 Å². The van der Waals surface area contributed by atoms with Gasteiger partial charge in [0.05, 0.1) is 19.3 Å². The zero-order valence-corrected chi connectivity index (χ0v) is 12.4. The number of morpholine rings is 1. The molecular formula is C16H21N3O3. The molecule has 0 aliphatic carbocycles.